The first-order valence-corrected chi connectivity index (χ1v) is 27.1. The lowest BCUT2D eigenvalue weighted by Crippen LogP contribution is -2.25. The molecule has 4 heteroatoms. The molecule has 384 valence electrons. The van der Waals surface area contributed by atoms with E-state index in [4.69, 9.17) is 9.97 Å². The Morgan fingerprint density at radius 1 is 0.560 bits per heavy atom. The van der Waals surface area contributed by atoms with Gasteiger partial charge in [0.25, 0.3) is 0 Å². The highest BCUT2D eigenvalue weighted by molar-refractivity contribution is 5.97. The lowest BCUT2D eigenvalue weighted by molar-refractivity contribution is 0.426. The van der Waals surface area contributed by atoms with E-state index in [-0.39, 0.29) is 27.6 Å². The number of aryl methyl sites for hydroxylation is 1. The number of aromatic hydroxyl groups is 1. The summed E-state index contributed by atoms with van der Waals surface area (Å²) in [7, 11) is 0. The number of hydrogen-bond donors (Lipinski definition) is 1. The Labute approximate surface area is 456 Å². The molecule has 75 heavy (non-hydrogen) atoms. The Hall–Kier alpha value is -7.04. The molecule has 0 saturated carbocycles. The number of aromatic nitrogens is 3. The molecule has 0 amide bonds. The Kier molecular flexibility index (Phi) is 13.0. The lowest BCUT2D eigenvalue weighted by Gasteiger charge is -2.36. The van der Waals surface area contributed by atoms with Crippen LogP contribution >= 0.6 is 0 Å². The van der Waals surface area contributed by atoms with Crippen LogP contribution in [0.4, 0.5) is 0 Å². The highest BCUT2D eigenvalue weighted by atomic mass is 16.3. The molecule has 0 spiro atoms. The van der Waals surface area contributed by atoms with Gasteiger partial charge < -0.3 is 5.11 Å². The van der Waals surface area contributed by atoms with Crippen molar-refractivity contribution >= 4 is 11.0 Å². The van der Waals surface area contributed by atoms with Gasteiger partial charge in [0.05, 0.1) is 28.0 Å². The van der Waals surface area contributed by atoms with Crippen molar-refractivity contribution in [3.63, 3.8) is 0 Å². The van der Waals surface area contributed by atoms with Gasteiger partial charge in [-0.1, -0.05) is 193 Å². The molecule has 0 unspecified atom stereocenters. The van der Waals surface area contributed by atoms with Crippen LogP contribution in [0, 0.1) is 6.85 Å². The van der Waals surface area contributed by atoms with Gasteiger partial charge in [-0.05, 0) is 181 Å². The summed E-state index contributed by atoms with van der Waals surface area (Å²) in [6.45, 7) is 24.6. The minimum absolute atomic E-state index is 0.140. The van der Waals surface area contributed by atoms with E-state index in [1.165, 1.54) is 11.1 Å². The number of pyridine rings is 1. The van der Waals surface area contributed by atoms with E-state index in [9.17, 15) is 12.0 Å². The van der Waals surface area contributed by atoms with Gasteiger partial charge in [-0.2, -0.15) is 0 Å². The smallest absolute Gasteiger partial charge is 0.149 e. The standard InChI is InChI=1S/C71H79N3O/c1-15-70(13,16-2)60-27-23-28-61(71(14,17-3)18-4)65(60)52-34-35-63(47(9)38-52)74-64-29-22-26-57(66(64)73-68(74)59-43-53(45(5)6)42-58(46(7)8)67(59)75)54-39-55(41-56(40-54)69(10,11)12)62-44-51(36-37-72-62)50-32-30-49(31-33-50)48-24-20-19-21-25-48/h19-46,75H,15-18H2,1-14H3/i9D3,45D,46D. The molecule has 0 fully saturated rings. The van der Waals surface area contributed by atoms with Crippen molar-refractivity contribution in [1.29, 1.82) is 0 Å². The largest absolute Gasteiger partial charge is 0.507 e. The topological polar surface area (TPSA) is 50.9 Å². The molecule has 0 saturated heterocycles. The summed E-state index contributed by atoms with van der Waals surface area (Å²) in [4.78, 5) is 10.5. The second-order valence-electron chi connectivity index (χ2n) is 22.8. The molecule has 4 nitrogen and oxygen atoms in total. The molecule has 9 rings (SSSR count). The van der Waals surface area contributed by atoms with Gasteiger partial charge >= 0.3 is 0 Å². The fourth-order valence-electron chi connectivity index (χ4n) is 10.9. The van der Waals surface area contributed by atoms with Crippen molar-refractivity contribution in [2.75, 3.05) is 0 Å². The maximum absolute atomic E-state index is 12.6. The first-order valence-electron chi connectivity index (χ1n) is 29.6. The molecule has 0 aliphatic carbocycles. The summed E-state index contributed by atoms with van der Waals surface area (Å²) in [5.41, 5.74) is 15.7. The quantitative estimate of drug-likeness (QED) is 0.111. The minimum Gasteiger partial charge on any atom is -0.507 e. The molecule has 1 N–H and O–H groups in total. The molecule has 0 aliphatic rings. The van der Waals surface area contributed by atoms with E-state index in [0.29, 0.717) is 39.2 Å². The van der Waals surface area contributed by atoms with Crippen LogP contribution in [0.2, 0.25) is 0 Å². The summed E-state index contributed by atoms with van der Waals surface area (Å²) < 4.78 is 48.7. The minimum atomic E-state index is -2.60. The molecule has 0 atom stereocenters. The maximum Gasteiger partial charge on any atom is 0.149 e. The number of para-hydroxylation sites is 1. The van der Waals surface area contributed by atoms with Gasteiger partial charge in [0.15, 0.2) is 0 Å². The highest BCUT2D eigenvalue weighted by Crippen LogP contribution is 2.48. The summed E-state index contributed by atoms with van der Waals surface area (Å²) in [5, 5.41) is 12.6. The van der Waals surface area contributed by atoms with Crippen LogP contribution in [0.1, 0.15) is 168 Å². The molecule has 0 bridgehead atoms. The average molecular weight is 995 g/mol. The predicted octanol–water partition coefficient (Wildman–Crippen LogP) is 20.1. The van der Waals surface area contributed by atoms with Crippen molar-refractivity contribution in [3.8, 4) is 78.6 Å². The van der Waals surface area contributed by atoms with Crippen LogP contribution in [0.3, 0.4) is 0 Å². The normalized spacial score (nSPS) is 13.8. The van der Waals surface area contributed by atoms with Gasteiger partial charge in [0, 0.05) is 24.2 Å². The van der Waals surface area contributed by atoms with Gasteiger partial charge in [-0.3, -0.25) is 9.55 Å². The van der Waals surface area contributed by atoms with Crippen molar-refractivity contribution < 1.29 is 12.0 Å². The zero-order valence-corrected chi connectivity index (χ0v) is 46.6. The van der Waals surface area contributed by atoms with E-state index in [0.717, 1.165) is 87.0 Å². The van der Waals surface area contributed by atoms with Gasteiger partial charge in [-0.25, -0.2) is 4.98 Å². The summed E-state index contributed by atoms with van der Waals surface area (Å²) in [6, 6.07) is 51.8. The second-order valence-corrected chi connectivity index (χ2v) is 22.8. The molecular weight excluding hydrogens is 911 g/mol. The lowest BCUT2D eigenvalue weighted by atomic mass is 9.68. The van der Waals surface area contributed by atoms with Crippen LogP contribution < -0.4 is 0 Å². The van der Waals surface area contributed by atoms with E-state index in [2.05, 4.69) is 165 Å². The summed E-state index contributed by atoms with van der Waals surface area (Å²) in [6.07, 6.45) is 5.51. The van der Waals surface area contributed by atoms with Gasteiger partial charge in [-0.15, -0.1) is 0 Å². The number of imidazole rings is 1. The predicted molar refractivity (Wildman–Crippen MR) is 321 cm³/mol. The molecule has 2 heterocycles. The second kappa shape index (κ2) is 20.9. The Balaban J connectivity index is 1.33. The molecule has 2 aromatic heterocycles. The average Bonchev–Trinajstić information content (AvgIpc) is 4.06. The first kappa shape index (κ1) is 46.5. The third-order valence-electron chi connectivity index (χ3n) is 16.7. The molecule has 0 aliphatic heterocycles. The van der Waals surface area contributed by atoms with Crippen LogP contribution in [-0.2, 0) is 16.2 Å². The molecule has 7 aromatic carbocycles. The molecule has 0 radical (unpaired) electrons. The van der Waals surface area contributed by atoms with Crippen molar-refractivity contribution in [2.45, 2.75) is 151 Å². The number of rotatable bonds is 15. The zero-order valence-electron chi connectivity index (χ0n) is 51.6. The van der Waals surface area contributed by atoms with Crippen LogP contribution in [0.15, 0.2) is 158 Å². The SMILES string of the molecule is [2H]C([2H])([2H])c1cc(-c2c(C(C)(CC)CC)cccc2C(C)(CC)CC)ccc1-n1c(-c2cc(C([2H])(C)C)cc(C([2H])(C)C)c2O)nc2c(-c3cc(-c4cc(-c5ccc(-c6ccccc6)cc5)ccn4)cc(C(C)(C)C)c3)cccc21. The molecule has 9 aromatic rings. The van der Waals surface area contributed by atoms with Crippen LogP contribution in [-0.4, -0.2) is 19.6 Å². The number of benzene rings is 7. The Morgan fingerprint density at radius 2 is 1.16 bits per heavy atom. The number of phenolic OH excluding ortho intramolecular Hbond substituents is 1. The highest BCUT2D eigenvalue weighted by Gasteiger charge is 2.33. The van der Waals surface area contributed by atoms with Crippen molar-refractivity contribution in [3.05, 3.63) is 191 Å². The van der Waals surface area contributed by atoms with E-state index < -0.39 is 18.6 Å². The van der Waals surface area contributed by atoms with Gasteiger partial charge in [0.2, 0.25) is 0 Å². The van der Waals surface area contributed by atoms with Crippen LogP contribution in [0.5, 0.6) is 5.75 Å². The van der Waals surface area contributed by atoms with Crippen LogP contribution in [0.25, 0.3) is 83.9 Å². The third kappa shape index (κ3) is 10.0. The monoisotopic (exact) mass is 995 g/mol. The molecular formula is C71H79N3O. The van der Waals surface area contributed by atoms with E-state index >= 15 is 0 Å². The number of fused-ring (bicyclic) bond motifs is 1. The van der Waals surface area contributed by atoms with Crippen molar-refractivity contribution in [2.24, 2.45) is 0 Å². The number of nitrogens with zero attached hydrogens (tertiary/aromatic N) is 3. The van der Waals surface area contributed by atoms with Crippen molar-refractivity contribution in [1.82, 2.24) is 14.5 Å². The Bertz CT molecular complexity index is 3690. The Morgan fingerprint density at radius 3 is 1.76 bits per heavy atom. The fraction of sp³-hybridized carbons (Fsp3) is 0.324. The fourth-order valence-corrected chi connectivity index (χ4v) is 10.9. The first-order chi connectivity index (χ1) is 37.6. The van der Waals surface area contributed by atoms with Gasteiger partial charge in [0.1, 0.15) is 11.6 Å². The number of phenols is 1. The summed E-state index contributed by atoms with van der Waals surface area (Å²) >= 11 is 0. The van der Waals surface area contributed by atoms with E-state index in [1.54, 1.807) is 39.8 Å². The number of hydrogen-bond acceptors (Lipinski definition) is 3. The third-order valence-corrected chi connectivity index (χ3v) is 16.7. The maximum atomic E-state index is 12.6. The summed E-state index contributed by atoms with van der Waals surface area (Å²) in [5.74, 6) is -2.24. The van der Waals surface area contributed by atoms with E-state index in [1.807, 2.05) is 47.2 Å². The zero-order chi connectivity index (χ0) is 57.9.